The van der Waals surface area contributed by atoms with Crippen LogP contribution in [0.1, 0.15) is 45.4 Å². The predicted octanol–water partition coefficient (Wildman–Crippen LogP) is 5.15. The van der Waals surface area contributed by atoms with Crippen molar-refractivity contribution >= 4 is 11.5 Å². The van der Waals surface area contributed by atoms with Crippen LogP contribution in [0.3, 0.4) is 0 Å². The van der Waals surface area contributed by atoms with E-state index in [1.54, 1.807) is 13.2 Å². The monoisotopic (exact) mass is 444 g/mol. The van der Waals surface area contributed by atoms with Gasteiger partial charge in [-0.25, -0.2) is 13.8 Å². The number of ether oxygens (including phenoxy) is 1. The highest BCUT2D eigenvalue weighted by Gasteiger charge is 2.42. The van der Waals surface area contributed by atoms with Crippen molar-refractivity contribution in [3.8, 4) is 11.1 Å². The summed E-state index contributed by atoms with van der Waals surface area (Å²) in [6.07, 6.45) is 6.74. The summed E-state index contributed by atoms with van der Waals surface area (Å²) >= 11 is 0. The van der Waals surface area contributed by atoms with Crippen molar-refractivity contribution in [1.29, 1.82) is 0 Å². The van der Waals surface area contributed by atoms with Crippen LogP contribution < -0.4 is 16.0 Å². The number of rotatable bonds is 10. The van der Waals surface area contributed by atoms with Crippen molar-refractivity contribution in [2.75, 3.05) is 30.9 Å². The number of pyridine rings is 1. The van der Waals surface area contributed by atoms with Crippen molar-refractivity contribution in [2.45, 2.75) is 69.2 Å². The second-order valence-corrected chi connectivity index (χ2v) is 9.35. The lowest BCUT2D eigenvalue weighted by Crippen LogP contribution is -2.42. The van der Waals surface area contributed by atoms with Crippen LogP contribution in [0.5, 0.6) is 0 Å². The number of hydrogen-bond acceptors (Lipinski definition) is 5. The highest BCUT2D eigenvalue weighted by Crippen LogP contribution is 2.39. The second kappa shape index (κ2) is 10.1. The van der Waals surface area contributed by atoms with E-state index in [1.165, 1.54) is 6.20 Å². The molecule has 7 heteroatoms. The number of anilines is 2. The molecule has 0 spiro atoms. The van der Waals surface area contributed by atoms with Crippen LogP contribution in [0.25, 0.3) is 11.1 Å². The summed E-state index contributed by atoms with van der Waals surface area (Å²) < 4.78 is 33.7. The van der Waals surface area contributed by atoms with Crippen molar-refractivity contribution in [1.82, 2.24) is 10.3 Å². The lowest BCUT2D eigenvalue weighted by atomic mass is 9.90. The van der Waals surface area contributed by atoms with Crippen LogP contribution in [0, 0.1) is 5.82 Å². The van der Waals surface area contributed by atoms with Crippen LogP contribution in [0.4, 0.5) is 20.3 Å². The minimum absolute atomic E-state index is 0.296. The Bertz CT molecular complexity index is 897. The van der Waals surface area contributed by atoms with E-state index in [9.17, 15) is 8.78 Å². The van der Waals surface area contributed by atoms with Crippen molar-refractivity contribution in [2.24, 2.45) is 0 Å². The number of aromatic nitrogens is 1. The zero-order chi connectivity index (χ0) is 22.6. The SMILES string of the molecule is COCC(C)NC1CCC(Nc2cc(-c3cccc(NCC4(F)CC4)c3)c(F)cn2)CC1. The Morgan fingerprint density at radius 1 is 1.16 bits per heavy atom. The van der Waals surface area contributed by atoms with Gasteiger partial charge in [0.25, 0.3) is 0 Å². The number of hydrogen-bond donors (Lipinski definition) is 3. The standard InChI is InChI=1S/C25H34F2N4O/c1-17(15-32-2)30-19-6-8-20(9-7-19)31-24-13-22(23(26)14-28-24)18-4-3-5-21(12-18)29-16-25(27)10-11-25/h3-5,12-14,17,19-20,29-30H,6-11,15-16H2,1-2H3,(H,28,31). The molecule has 5 nitrogen and oxygen atoms in total. The Morgan fingerprint density at radius 2 is 1.91 bits per heavy atom. The molecule has 2 aromatic rings. The maximum Gasteiger partial charge on any atom is 0.149 e. The second-order valence-electron chi connectivity index (χ2n) is 9.35. The summed E-state index contributed by atoms with van der Waals surface area (Å²) in [6, 6.07) is 10.4. The topological polar surface area (TPSA) is 58.2 Å². The Hall–Kier alpha value is -2.25. The van der Waals surface area contributed by atoms with Gasteiger partial charge in [0.1, 0.15) is 17.3 Å². The molecule has 1 atom stereocenters. The van der Waals surface area contributed by atoms with E-state index in [0.29, 0.717) is 55.5 Å². The molecule has 2 fully saturated rings. The fourth-order valence-electron chi connectivity index (χ4n) is 4.42. The summed E-state index contributed by atoms with van der Waals surface area (Å²) in [4.78, 5) is 4.27. The largest absolute Gasteiger partial charge is 0.383 e. The first kappa shape index (κ1) is 22.9. The van der Waals surface area contributed by atoms with Gasteiger partial charge in [-0.15, -0.1) is 0 Å². The fourth-order valence-corrected chi connectivity index (χ4v) is 4.42. The first-order valence-corrected chi connectivity index (χ1v) is 11.6. The average molecular weight is 445 g/mol. The molecule has 3 N–H and O–H groups in total. The van der Waals surface area contributed by atoms with E-state index < -0.39 is 5.67 Å². The van der Waals surface area contributed by atoms with Crippen molar-refractivity contribution in [3.63, 3.8) is 0 Å². The van der Waals surface area contributed by atoms with Gasteiger partial charge >= 0.3 is 0 Å². The molecule has 1 heterocycles. The van der Waals surface area contributed by atoms with Crippen LogP contribution in [-0.4, -0.2) is 49.0 Å². The van der Waals surface area contributed by atoms with Crippen molar-refractivity contribution in [3.05, 3.63) is 42.3 Å². The van der Waals surface area contributed by atoms with E-state index in [0.717, 1.165) is 36.9 Å². The van der Waals surface area contributed by atoms with Crippen LogP contribution in [-0.2, 0) is 4.74 Å². The molecule has 2 saturated carbocycles. The number of nitrogens with zero attached hydrogens (tertiary/aromatic N) is 1. The van der Waals surface area contributed by atoms with E-state index in [-0.39, 0.29) is 5.82 Å². The molecule has 2 aliphatic rings. The summed E-state index contributed by atoms with van der Waals surface area (Å²) in [5.74, 6) is 0.321. The Labute approximate surface area is 189 Å². The number of alkyl halides is 1. The molecule has 0 bridgehead atoms. The van der Waals surface area contributed by atoms with Gasteiger partial charge in [0.05, 0.1) is 12.8 Å². The maximum atomic E-state index is 14.6. The molecule has 0 saturated heterocycles. The third-order valence-electron chi connectivity index (χ3n) is 6.45. The molecule has 4 rings (SSSR count). The normalized spacial score (nSPS) is 22.9. The smallest absolute Gasteiger partial charge is 0.149 e. The van der Waals surface area contributed by atoms with Crippen LogP contribution in [0.2, 0.25) is 0 Å². The third kappa shape index (κ3) is 6.17. The lowest BCUT2D eigenvalue weighted by molar-refractivity contribution is 0.161. The Kier molecular flexibility index (Phi) is 7.26. The third-order valence-corrected chi connectivity index (χ3v) is 6.45. The van der Waals surface area contributed by atoms with Gasteiger partial charge in [0.2, 0.25) is 0 Å². The number of methoxy groups -OCH3 is 1. The van der Waals surface area contributed by atoms with E-state index in [4.69, 9.17) is 4.74 Å². The minimum Gasteiger partial charge on any atom is -0.383 e. The summed E-state index contributed by atoms with van der Waals surface area (Å²) in [5.41, 5.74) is 0.967. The molecule has 1 aromatic heterocycles. The zero-order valence-electron chi connectivity index (χ0n) is 19.0. The summed E-state index contributed by atoms with van der Waals surface area (Å²) in [6.45, 7) is 3.15. The summed E-state index contributed by atoms with van der Waals surface area (Å²) in [7, 11) is 1.73. The van der Waals surface area contributed by atoms with E-state index >= 15 is 0 Å². The highest BCUT2D eigenvalue weighted by atomic mass is 19.1. The number of nitrogens with one attached hydrogen (secondary N) is 3. The van der Waals surface area contributed by atoms with Gasteiger partial charge in [-0.05, 0) is 69.2 Å². The van der Waals surface area contributed by atoms with Crippen LogP contribution >= 0.6 is 0 Å². The van der Waals surface area contributed by atoms with Gasteiger partial charge in [-0.2, -0.15) is 0 Å². The number of benzene rings is 1. The fraction of sp³-hybridized carbons (Fsp3) is 0.560. The molecular formula is C25H34F2N4O. The quantitative estimate of drug-likeness (QED) is 0.473. The molecule has 174 valence electrons. The first-order valence-electron chi connectivity index (χ1n) is 11.6. The molecule has 1 unspecified atom stereocenters. The zero-order valence-corrected chi connectivity index (χ0v) is 19.0. The van der Waals surface area contributed by atoms with Gasteiger partial charge in [-0.1, -0.05) is 12.1 Å². The number of halogens is 2. The first-order chi connectivity index (χ1) is 15.4. The maximum absolute atomic E-state index is 14.6. The molecule has 0 amide bonds. The molecular weight excluding hydrogens is 410 g/mol. The molecule has 32 heavy (non-hydrogen) atoms. The van der Waals surface area contributed by atoms with Gasteiger partial charge in [0.15, 0.2) is 0 Å². The molecule has 2 aliphatic carbocycles. The van der Waals surface area contributed by atoms with Crippen molar-refractivity contribution < 1.29 is 13.5 Å². The Morgan fingerprint density at radius 3 is 2.62 bits per heavy atom. The molecule has 0 aliphatic heterocycles. The van der Waals surface area contributed by atoms with Crippen LogP contribution in [0.15, 0.2) is 36.5 Å². The molecule has 0 radical (unpaired) electrons. The minimum atomic E-state index is -1.08. The van der Waals surface area contributed by atoms with Gasteiger partial charge in [-0.3, -0.25) is 0 Å². The molecule has 1 aromatic carbocycles. The van der Waals surface area contributed by atoms with E-state index in [1.807, 2.05) is 24.3 Å². The highest BCUT2D eigenvalue weighted by molar-refractivity contribution is 5.70. The summed E-state index contributed by atoms with van der Waals surface area (Å²) in [5, 5.41) is 10.3. The van der Waals surface area contributed by atoms with Gasteiger partial charge < -0.3 is 20.7 Å². The predicted molar refractivity (Wildman–Crippen MR) is 125 cm³/mol. The van der Waals surface area contributed by atoms with Gasteiger partial charge in [0, 0.05) is 43.0 Å². The lowest BCUT2D eigenvalue weighted by Gasteiger charge is -2.31. The van der Waals surface area contributed by atoms with E-state index in [2.05, 4.69) is 27.9 Å². The average Bonchev–Trinajstić information content (AvgIpc) is 3.53. The Balaban J connectivity index is 1.36.